The van der Waals surface area contributed by atoms with E-state index in [-0.39, 0.29) is 4.99 Å². The zero-order valence-electron chi connectivity index (χ0n) is 8.88. The summed E-state index contributed by atoms with van der Waals surface area (Å²) in [6.45, 7) is 3.78. The number of thiocarbonyl (C=S) groups is 1. The lowest BCUT2D eigenvalue weighted by molar-refractivity contribution is 0.790. The van der Waals surface area contributed by atoms with E-state index in [2.05, 4.69) is 20.1 Å². The summed E-state index contributed by atoms with van der Waals surface area (Å²) in [6.07, 6.45) is 1.49. The van der Waals surface area contributed by atoms with Gasteiger partial charge in [0.25, 0.3) is 5.95 Å². The molecule has 0 unspecified atom stereocenters. The molecule has 0 bridgehead atoms. The quantitative estimate of drug-likeness (QED) is 0.753. The molecule has 0 aliphatic rings. The maximum Gasteiger partial charge on any atom is 0.252 e. The summed E-state index contributed by atoms with van der Waals surface area (Å²) in [5.41, 5.74) is 7.16. The molecule has 0 spiro atoms. The van der Waals surface area contributed by atoms with Crippen molar-refractivity contribution in [1.82, 2.24) is 24.7 Å². The van der Waals surface area contributed by atoms with Crippen molar-refractivity contribution in [3.63, 3.8) is 0 Å². The number of nitrogens with two attached hydrogens (primary N) is 1. The Morgan fingerprint density at radius 1 is 1.31 bits per heavy atom. The minimum atomic E-state index is 0.156. The van der Waals surface area contributed by atoms with Crippen molar-refractivity contribution in [2.75, 3.05) is 0 Å². The summed E-state index contributed by atoms with van der Waals surface area (Å²) in [4.78, 5) is 12.6. The van der Waals surface area contributed by atoms with Crippen LogP contribution in [0.25, 0.3) is 5.95 Å². The molecule has 2 heterocycles. The van der Waals surface area contributed by atoms with E-state index in [1.165, 1.54) is 11.0 Å². The van der Waals surface area contributed by atoms with Gasteiger partial charge in [-0.1, -0.05) is 12.2 Å². The van der Waals surface area contributed by atoms with Crippen LogP contribution in [0.1, 0.15) is 17.2 Å². The molecule has 6 nitrogen and oxygen atoms in total. The Morgan fingerprint density at radius 2 is 1.94 bits per heavy atom. The van der Waals surface area contributed by atoms with E-state index >= 15 is 0 Å². The van der Waals surface area contributed by atoms with E-state index in [1.807, 2.05) is 19.9 Å². The molecule has 2 aromatic rings. The van der Waals surface area contributed by atoms with Crippen LogP contribution < -0.4 is 5.73 Å². The van der Waals surface area contributed by atoms with Crippen molar-refractivity contribution in [3.8, 4) is 5.95 Å². The van der Waals surface area contributed by atoms with E-state index < -0.39 is 0 Å². The molecule has 16 heavy (non-hydrogen) atoms. The van der Waals surface area contributed by atoms with E-state index in [0.717, 1.165) is 11.4 Å². The molecular weight excluding hydrogens is 224 g/mol. The Labute approximate surface area is 97.5 Å². The summed E-state index contributed by atoms with van der Waals surface area (Å²) in [7, 11) is 0. The maximum atomic E-state index is 5.42. The van der Waals surface area contributed by atoms with Crippen LogP contribution >= 0.6 is 12.2 Å². The van der Waals surface area contributed by atoms with Gasteiger partial charge in [0.2, 0.25) is 5.82 Å². The van der Waals surface area contributed by atoms with Crippen LogP contribution in [-0.4, -0.2) is 29.7 Å². The van der Waals surface area contributed by atoms with Gasteiger partial charge in [-0.3, -0.25) is 0 Å². The van der Waals surface area contributed by atoms with Crippen molar-refractivity contribution in [1.29, 1.82) is 0 Å². The van der Waals surface area contributed by atoms with Crippen LogP contribution in [0.4, 0.5) is 0 Å². The molecule has 7 heteroatoms. The van der Waals surface area contributed by atoms with Gasteiger partial charge in [0.15, 0.2) is 0 Å². The minimum Gasteiger partial charge on any atom is -0.387 e. The van der Waals surface area contributed by atoms with Gasteiger partial charge in [-0.25, -0.2) is 15.0 Å². The maximum absolute atomic E-state index is 5.42. The highest BCUT2D eigenvalue weighted by molar-refractivity contribution is 7.80. The van der Waals surface area contributed by atoms with Gasteiger partial charge in [0.05, 0.1) is 0 Å². The first-order valence-corrected chi connectivity index (χ1v) is 5.01. The van der Waals surface area contributed by atoms with Crippen LogP contribution in [0, 0.1) is 13.8 Å². The average molecular weight is 234 g/mol. The molecule has 0 aromatic carbocycles. The molecule has 0 amide bonds. The number of nitrogens with zero attached hydrogens (tertiary/aromatic N) is 5. The zero-order valence-corrected chi connectivity index (χ0v) is 9.69. The lowest BCUT2D eigenvalue weighted by atomic mass is 10.4. The number of hydrogen-bond acceptors (Lipinski definition) is 5. The molecule has 0 radical (unpaired) electrons. The van der Waals surface area contributed by atoms with E-state index in [9.17, 15) is 0 Å². The first-order chi connectivity index (χ1) is 7.56. The second-order valence-electron chi connectivity index (χ2n) is 3.33. The highest BCUT2D eigenvalue weighted by Gasteiger charge is 2.07. The predicted molar refractivity (Wildman–Crippen MR) is 62.3 cm³/mol. The van der Waals surface area contributed by atoms with Crippen LogP contribution in [0.2, 0.25) is 0 Å². The normalized spacial score (nSPS) is 10.4. The highest BCUT2D eigenvalue weighted by atomic mass is 32.1. The van der Waals surface area contributed by atoms with Crippen molar-refractivity contribution in [3.05, 3.63) is 29.6 Å². The van der Waals surface area contributed by atoms with Gasteiger partial charge in [0, 0.05) is 11.4 Å². The van der Waals surface area contributed by atoms with Crippen LogP contribution in [-0.2, 0) is 0 Å². The monoisotopic (exact) mass is 234 g/mol. The Hall–Kier alpha value is -1.89. The lowest BCUT2D eigenvalue weighted by Gasteiger charge is -2.01. The number of hydrogen-bond donors (Lipinski definition) is 1. The molecule has 0 atom stereocenters. The molecule has 0 aliphatic carbocycles. The van der Waals surface area contributed by atoms with Crippen LogP contribution in [0.15, 0.2) is 12.4 Å². The molecule has 0 saturated heterocycles. The number of rotatable bonds is 2. The topological polar surface area (TPSA) is 82.5 Å². The van der Waals surface area contributed by atoms with Gasteiger partial charge < -0.3 is 5.73 Å². The van der Waals surface area contributed by atoms with Gasteiger partial charge >= 0.3 is 0 Å². The van der Waals surface area contributed by atoms with Crippen molar-refractivity contribution in [2.45, 2.75) is 13.8 Å². The zero-order chi connectivity index (χ0) is 11.7. The SMILES string of the molecule is Cc1cc(C)nc(-n2cnc(C(N)=S)n2)n1. The fourth-order valence-electron chi connectivity index (χ4n) is 1.28. The molecule has 82 valence electrons. The second-order valence-corrected chi connectivity index (χ2v) is 3.77. The first kappa shape index (κ1) is 10.6. The smallest absolute Gasteiger partial charge is 0.252 e. The van der Waals surface area contributed by atoms with Crippen molar-refractivity contribution in [2.24, 2.45) is 5.73 Å². The van der Waals surface area contributed by atoms with Gasteiger partial charge in [-0.2, -0.15) is 4.68 Å². The molecular formula is C9H10N6S. The van der Waals surface area contributed by atoms with Gasteiger partial charge in [0.1, 0.15) is 11.3 Å². The van der Waals surface area contributed by atoms with Crippen molar-refractivity contribution < 1.29 is 0 Å². The Kier molecular flexibility index (Phi) is 2.61. The fourth-order valence-corrected chi connectivity index (χ4v) is 1.38. The third-order valence-electron chi connectivity index (χ3n) is 1.89. The number of aryl methyl sites for hydroxylation is 2. The molecule has 0 saturated carbocycles. The van der Waals surface area contributed by atoms with Gasteiger partial charge in [-0.15, -0.1) is 5.10 Å². The van der Waals surface area contributed by atoms with Crippen molar-refractivity contribution >= 4 is 17.2 Å². The largest absolute Gasteiger partial charge is 0.387 e. The van der Waals surface area contributed by atoms with E-state index in [1.54, 1.807) is 0 Å². The minimum absolute atomic E-state index is 0.156. The average Bonchev–Trinajstić information content (AvgIpc) is 2.64. The predicted octanol–water partition coefficient (Wildman–Crippen LogP) is 0.308. The third kappa shape index (κ3) is 2.03. The fraction of sp³-hybridized carbons (Fsp3) is 0.222. The summed E-state index contributed by atoms with van der Waals surface area (Å²) in [5, 5.41) is 4.08. The third-order valence-corrected chi connectivity index (χ3v) is 2.07. The highest BCUT2D eigenvalue weighted by Crippen LogP contribution is 2.03. The summed E-state index contributed by atoms with van der Waals surface area (Å²) >= 11 is 4.78. The lowest BCUT2D eigenvalue weighted by Crippen LogP contribution is -2.12. The Balaban J connectivity index is 2.46. The second kappa shape index (κ2) is 3.93. The summed E-state index contributed by atoms with van der Waals surface area (Å²) < 4.78 is 1.45. The van der Waals surface area contributed by atoms with Gasteiger partial charge in [-0.05, 0) is 19.9 Å². The number of aromatic nitrogens is 5. The molecule has 0 fully saturated rings. The molecule has 0 aliphatic heterocycles. The van der Waals surface area contributed by atoms with E-state index in [0.29, 0.717) is 11.8 Å². The standard InChI is InChI=1S/C9H10N6S/c1-5-3-6(2)13-9(12-5)15-4-11-8(14-15)7(10)16/h3-4H,1-2H3,(H2,10,16). The Morgan fingerprint density at radius 3 is 2.44 bits per heavy atom. The molecule has 2 rings (SSSR count). The summed E-state index contributed by atoms with van der Waals surface area (Å²) in [5.74, 6) is 0.783. The summed E-state index contributed by atoms with van der Waals surface area (Å²) in [6, 6.07) is 1.88. The Bertz CT molecular complexity index is 526. The molecule has 2 aromatic heterocycles. The van der Waals surface area contributed by atoms with Crippen LogP contribution in [0.3, 0.4) is 0 Å². The van der Waals surface area contributed by atoms with Crippen LogP contribution in [0.5, 0.6) is 0 Å². The van der Waals surface area contributed by atoms with E-state index in [4.69, 9.17) is 18.0 Å². The first-order valence-electron chi connectivity index (χ1n) is 4.60. The molecule has 2 N–H and O–H groups in total.